The minimum Gasteiger partial charge on any atom is -0.508 e. The maximum Gasteiger partial charge on any atom is 0.200 e. The third-order valence-corrected chi connectivity index (χ3v) is 4.81. The normalized spacial score (nSPS) is 9.94. The number of ether oxygens (including phenoxy) is 1. The van der Waals surface area contributed by atoms with E-state index >= 15 is 0 Å². The second-order valence-electron chi connectivity index (χ2n) is 7.61. The number of phenolic OH excluding ortho intramolecular Hbond substituents is 3. The van der Waals surface area contributed by atoms with Crippen molar-refractivity contribution in [2.45, 2.75) is 27.2 Å². The van der Waals surface area contributed by atoms with Gasteiger partial charge in [0.2, 0.25) is 0 Å². The number of Topliss-reactive ketones (excluding diaryl/α,β-unsaturated/α-hetero) is 1. The van der Waals surface area contributed by atoms with E-state index in [2.05, 4.69) is 0 Å². The van der Waals surface area contributed by atoms with Gasteiger partial charge < -0.3 is 20.1 Å². The second kappa shape index (κ2) is 11.5. The van der Waals surface area contributed by atoms with Crippen molar-refractivity contribution >= 4 is 11.6 Å². The molecule has 33 heavy (non-hydrogen) atoms. The largest absolute Gasteiger partial charge is 0.508 e. The fourth-order valence-electron chi connectivity index (χ4n) is 2.92. The number of carbonyl (C=O) groups is 2. The lowest BCUT2D eigenvalue weighted by molar-refractivity contribution is 0.101. The van der Waals surface area contributed by atoms with Gasteiger partial charge in [0.25, 0.3) is 0 Å². The molecular weight excluding hydrogens is 420 g/mol. The number of ketones is 2. The van der Waals surface area contributed by atoms with Crippen LogP contribution in [0.2, 0.25) is 0 Å². The molecule has 0 atom stereocenters. The molecule has 0 aliphatic heterocycles. The van der Waals surface area contributed by atoms with Crippen LogP contribution < -0.4 is 4.74 Å². The number of benzene rings is 3. The lowest BCUT2D eigenvalue weighted by atomic mass is 10.0. The summed E-state index contributed by atoms with van der Waals surface area (Å²) in [5, 5.41) is 29.0. The van der Waals surface area contributed by atoms with Gasteiger partial charge >= 0.3 is 0 Å². The Hall–Kier alpha value is -4.06. The topological polar surface area (TPSA) is 104 Å². The smallest absolute Gasteiger partial charge is 0.200 e. The Balaban J connectivity index is 0.000000238. The lowest BCUT2D eigenvalue weighted by Gasteiger charge is -2.07. The molecular formula is C27H28O6. The van der Waals surface area contributed by atoms with Gasteiger partial charge in [0.05, 0.1) is 18.2 Å². The zero-order chi connectivity index (χ0) is 24.5. The van der Waals surface area contributed by atoms with Crippen LogP contribution in [-0.2, 0) is 6.42 Å². The predicted molar refractivity (Wildman–Crippen MR) is 127 cm³/mol. The average molecular weight is 449 g/mol. The molecule has 0 aromatic heterocycles. The van der Waals surface area contributed by atoms with Gasteiger partial charge in [-0.1, -0.05) is 23.8 Å². The molecule has 6 heteroatoms. The molecule has 0 saturated carbocycles. The number of hydrogen-bond donors (Lipinski definition) is 3. The van der Waals surface area contributed by atoms with Crippen LogP contribution >= 0.6 is 0 Å². The van der Waals surface area contributed by atoms with Crippen LogP contribution in [0, 0.1) is 0 Å². The molecule has 0 fully saturated rings. The number of phenols is 3. The summed E-state index contributed by atoms with van der Waals surface area (Å²) >= 11 is 0. The van der Waals surface area contributed by atoms with Crippen LogP contribution in [0.4, 0.5) is 0 Å². The van der Waals surface area contributed by atoms with Gasteiger partial charge in [0.1, 0.15) is 23.0 Å². The number of para-hydroxylation sites is 1. The molecule has 3 aromatic rings. The van der Waals surface area contributed by atoms with Gasteiger partial charge in [0.15, 0.2) is 11.6 Å². The molecule has 0 aliphatic carbocycles. The summed E-state index contributed by atoms with van der Waals surface area (Å²) < 4.78 is 4.94. The monoisotopic (exact) mass is 448 g/mol. The molecule has 0 aliphatic rings. The Morgan fingerprint density at radius 3 is 2.06 bits per heavy atom. The van der Waals surface area contributed by atoms with Crippen LogP contribution in [0.5, 0.6) is 23.0 Å². The van der Waals surface area contributed by atoms with Crippen molar-refractivity contribution in [3.63, 3.8) is 0 Å². The standard InChI is InChI=1S/C14H12O4.C13H16O2/c1-18-9-6-7-11(13(16)8-9)14(17)10-4-2-3-5-12(10)15;1-9(2)4-5-12-8-11(10(3)14)6-7-13(12)15/h2-8,15-16H,1H3;4,6-8,15H,5H2,1-3H3. The molecule has 0 bridgehead atoms. The van der Waals surface area contributed by atoms with Crippen molar-refractivity contribution in [2.24, 2.45) is 0 Å². The molecule has 3 aromatic carbocycles. The Bertz CT molecular complexity index is 1170. The number of allylic oxidation sites excluding steroid dienone is 2. The van der Waals surface area contributed by atoms with Gasteiger partial charge in [-0.2, -0.15) is 0 Å². The molecule has 0 spiro atoms. The van der Waals surface area contributed by atoms with E-state index in [0.29, 0.717) is 17.7 Å². The van der Waals surface area contributed by atoms with Crippen molar-refractivity contribution in [3.8, 4) is 23.0 Å². The molecule has 6 nitrogen and oxygen atoms in total. The van der Waals surface area contributed by atoms with Crippen LogP contribution in [-0.4, -0.2) is 34.0 Å². The van der Waals surface area contributed by atoms with Gasteiger partial charge in [-0.15, -0.1) is 0 Å². The lowest BCUT2D eigenvalue weighted by Crippen LogP contribution is -2.02. The first-order valence-corrected chi connectivity index (χ1v) is 10.3. The predicted octanol–water partition coefficient (Wildman–Crippen LogP) is 5.44. The van der Waals surface area contributed by atoms with Gasteiger partial charge in [-0.25, -0.2) is 0 Å². The van der Waals surface area contributed by atoms with Crippen LogP contribution in [0.3, 0.4) is 0 Å². The maximum atomic E-state index is 12.1. The van der Waals surface area contributed by atoms with Crippen LogP contribution in [0.15, 0.2) is 72.3 Å². The fourth-order valence-corrected chi connectivity index (χ4v) is 2.92. The summed E-state index contributed by atoms with van der Waals surface area (Å²) in [4.78, 5) is 23.3. The van der Waals surface area contributed by atoms with E-state index in [1.54, 1.807) is 36.4 Å². The second-order valence-corrected chi connectivity index (χ2v) is 7.61. The zero-order valence-corrected chi connectivity index (χ0v) is 19.1. The number of aromatic hydroxyl groups is 3. The van der Waals surface area contributed by atoms with E-state index in [9.17, 15) is 24.9 Å². The number of hydrogen-bond acceptors (Lipinski definition) is 6. The Kier molecular flexibility index (Phi) is 8.80. The van der Waals surface area contributed by atoms with Gasteiger partial charge in [-0.05, 0) is 75.2 Å². The molecule has 0 saturated heterocycles. The summed E-state index contributed by atoms with van der Waals surface area (Å²) in [7, 11) is 1.47. The van der Waals surface area contributed by atoms with Gasteiger partial charge in [-0.3, -0.25) is 9.59 Å². The minimum absolute atomic E-state index is 0.0217. The Morgan fingerprint density at radius 1 is 0.818 bits per heavy atom. The first kappa shape index (κ1) is 25.2. The molecule has 3 rings (SSSR count). The number of carbonyl (C=O) groups excluding carboxylic acids is 2. The van der Waals surface area contributed by atoms with Crippen molar-refractivity contribution in [3.05, 3.63) is 94.6 Å². The molecule has 0 unspecified atom stereocenters. The molecule has 3 N–H and O–H groups in total. The Morgan fingerprint density at radius 2 is 1.48 bits per heavy atom. The minimum atomic E-state index is -0.437. The van der Waals surface area contributed by atoms with Crippen molar-refractivity contribution in [2.75, 3.05) is 7.11 Å². The van der Waals surface area contributed by atoms with E-state index in [1.165, 1.54) is 43.9 Å². The van der Waals surface area contributed by atoms with Crippen molar-refractivity contribution in [1.82, 2.24) is 0 Å². The highest BCUT2D eigenvalue weighted by Crippen LogP contribution is 2.28. The van der Waals surface area contributed by atoms with E-state index in [0.717, 1.165) is 5.56 Å². The summed E-state index contributed by atoms with van der Waals surface area (Å²) in [5.41, 5.74) is 2.91. The maximum absolute atomic E-state index is 12.1. The first-order chi connectivity index (χ1) is 15.6. The van der Waals surface area contributed by atoms with Crippen molar-refractivity contribution in [1.29, 1.82) is 0 Å². The fraction of sp³-hybridized carbons (Fsp3) is 0.185. The van der Waals surface area contributed by atoms with E-state index in [4.69, 9.17) is 4.74 Å². The van der Waals surface area contributed by atoms with Gasteiger partial charge in [0, 0.05) is 11.6 Å². The van der Waals surface area contributed by atoms with E-state index in [1.807, 2.05) is 19.9 Å². The third-order valence-electron chi connectivity index (χ3n) is 4.81. The first-order valence-electron chi connectivity index (χ1n) is 10.3. The van der Waals surface area contributed by atoms with Crippen LogP contribution in [0.1, 0.15) is 52.6 Å². The quantitative estimate of drug-likeness (QED) is 0.343. The Labute approximate surface area is 193 Å². The van der Waals surface area contributed by atoms with Crippen LogP contribution in [0.25, 0.3) is 0 Å². The summed E-state index contributed by atoms with van der Waals surface area (Å²) in [6, 6.07) is 15.6. The SMILES string of the molecule is CC(=O)c1ccc(O)c(CC=C(C)C)c1.COc1ccc(C(=O)c2ccccc2O)c(O)c1. The molecule has 0 heterocycles. The summed E-state index contributed by atoms with van der Waals surface area (Å²) in [6.07, 6.45) is 2.69. The summed E-state index contributed by atoms with van der Waals surface area (Å²) in [6.45, 7) is 5.54. The third kappa shape index (κ3) is 6.97. The van der Waals surface area contributed by atoms with E-state index in [-0.39, 0.29) is 34.2 Å². The van der Waals surface area contributed by atoms with Crippen molar-refractivity contribution < 1.29 is 29.6 Å². The number of rotatable bonds is 6. The highest BCUT2D eigenvalue weighted by atomic mass is 16.5. The summed E-state index contributed by atoms with van der Waals surface area (Å²) in [5.74, 6) is 0.000794. The molecule has 172 valence electrons. The molecule has 0 amide bonds. The number of methoxy groups -OCH3 is 1. The molecule has 0 radical (unpaired) electrons. The highest BCUT2D eigenvalue weighted by molar-refractivity contribution is 6.12. The van der Waals surface area contributed by atoms with E-state index < -0.39 is 5.78 Å². The average Bonchev–Trinajstić information content (AvgIpc) is 2.78. The highest BCUT2D eigenvalue weighted by Gasteiger charge is 2.17. The zero-order valence-electron chi connectivity index (χ0n) is 19.1.